The molecule has 3 nitrogen and oxygen atoms in total. The van der Waals surface area contributed by atoms with Crippen LogP contribution in [0.15, 0.2) is 22.6 Å². The van der Waals surface area contributed by atoms with Gasteiger partial charge in [-0.3, -0.25) is 0 Å². The molecule has 1 aromatic heterocycles. The number of allylic oxidation sites excluding steroid dienone is 4. The van der Waals surface area contributed by atoms with Crippen LogP contribution < -0.4 is 0 Å². The summed E-state index contributed by atoms with van der Waals surface area (Å²) in [6.45, 7) is 1.90. The number of rotatable bonds is 4. The van der Waals surface area contributed by atoms with Crippen molar-refractivity contribution in [1.82, 2.24) is 4.98 Å². The van der Waals surface area contributed by atoms with E-state index >= 15 is 0 Å². The van der Waals surface area contributed by atoms with E-state index in [1.54, 1.807) is 0 Å². The highest BCUT2D eigenvalue weighted by Crippen LogP contribution is 2.25. The summed E-state index contributed by atoms with van der Waals surface area (Å²) in [5.41, 5.74) is 2.20. The van der Waals surface area contributed by atoms with E-state index in [9.17, 15) is 0 Å². The van der Waals surface area contributed by atoms with Crippen molar-refractivity contribution in [2.45, 2.75) is 39.0 Å². The number of aliphatic hydroxyl groups excluding tert-OH is 1. The smallest absolute Gasteiger partial charge is 0.222 e. The molecular formula is C16H19NO2. The van der Waals surface area contributed by atoms with Crippen molar-refractivity contribution in [2.75, 3.05) is 6.61 Å². The predicted molar refractivity (Wildman–Crippen MR) is 75.4 cm³/mol. The van der Waals surface area contributed by atoms with Crippen LogP contribution in [0.3, 0.4) is 0 Å². The average molecular weight is 257 g/mol. The van der Waals surface area contributed by atoms with Gasteiger partial charge < -0.3 is 9.52 Å². The molecule has 0 fully saturated rings. The molecule has 0 saturated carbocycles. The van der Waals surface area contributed by atoms with E-state index in [4.69, 9.17) is 9.52 Å². The maximum absolute atomic E-state index is 8.56. The molecule has 0 saturated heterocycles. The summed E-state index contributed by atoms with van der Waals surface area (Å²) >= 11 is 0. The van der Waals surface area contributed by atoms with Crippen LogP contribution in [0.2, 0.25) is 0 Å². The minimum Gasteiger partial charge on any atom is -0.441 e. The van der Waals surface area contributed by atoms with E-state index in [0.717, 1.165) is 49.4 Å². The Morgan fingerprint density at radius 3 is 3.05 bits per heavy atom. The van der Waals surface area contributed by atoms with Crippen LogP contribution in [0, 0.1) is 18.8 Å². The highest BCUT2D eigenvalue weighted by Gasteiger charge is 2.13. The third-order valence-corrected chi connectivity index (χ3v) is 3.10. The molecule has 0 atom stereocenters. The summed E-state index contributed by atoms with van der Waals surface area (Å²) in [6.07, 6.45) is 10.9. The van der Waals surface area contributed by atoms with Crippen molar-refractivity contribution in [3.05, 3.63) is 35.6 Å². The van der Waals surface area contributed by atoms with Crippen LogP contribution in [0.25, 0.3) is 5.57 Å². The molecule has 0 aromatic carbocycles. The first kappa shape index (κ1) is 13.6. The molecule has 1 heterocycles. The van der Waals surface area contributed by atoms with Crippen molar-refractivity contribution in [3.8, 4) is 11.8 Å². The lowest BCUT2D eigenvalue weighted by atomic mass is 10.1. The molecule has 0 aliphatic heterocycles. The maximum Gasteiger partial charge on any atom is 0.222 e. The number of nitrogens with zero attached hydrogens (tertiary/aromatic N) is 1. The van der Waals surface area contributed by atoms with Crippen LogP contribution in [0.1, 0.15) is 43.0 Å². The fraction of sp³-hybridized carbons (Fsp3) is 0.438. The zero-order valence-corrected chi connectivity index (χ0v) is 11.3. The largest absolute Gasteiger partial charge is 0.441 e. The normalized spacial score (nSPS) is 13.9. The standard InChI is InChI=1S/C16H19NO2/c1-13-15(11-7-2-3-8-12-18)17-16(19-13)14-9-5-4-6-10-14/h4-5,9,18H,2,6-7,10-12H2,1H3. The second-order valence-electron chi connectivity index (χ2n) is 4.55. The molecule has 1 aliphatic rings. The molecule has 1 aliphatic carbocycles. The van der Waals surface area contributed by atoms with Crippen molar-refractivity contribution >= 4 is 5.57 Å². The van der Waals surface area contributed by atoms with Gasteiger partial charge in [0.1, 0.15) is 12.4 Å². The topological polar surface area (TPSA) is 46.3 Å². The first-order chi connectivity index (χ1) is 9.31. The number of aromatic nitrogens is 1. The number of aliphatic hydroxyl groups is 1. The van der Waals surface area contributed by atoms with Crippen LogP contribution in [0.5, 0.6) is 0 Å². The van der Waals surface area contributed by atoms with Gasteiger partial charge in [0, 0.05) is 12.0 Å². The quantitative estimate of drug-likeness (QED) is 0.666. The van der Waals surface area contributed by atoms with Gasteiger partial charge in [-0.15, -0.1) is 5.92 Å². The lowest BCUT2D eigenvalue weighted by molar-refractivity contribution is 0.350. The molecule has 0 bridgehead atoms. The van der Waals surface area contributed by atoms with E-state index < -0.39 is 0 Å². The van der Waals surface area contributed by atoms with Crippen molar-refractivity contribution in [3.63, 3.8) is 0 Å². The Balaban J connectivity index is 1.97. The monoisotopic (exact) mass is 257 g/mol. The number of oxazole rings is 1. The summed E-state index contributed by atoms with van der Waals surface area (Å²) in [6, 6.07) is 0. The predicted octanol–water partition coefficient (Wildman–Crippen LogP) is 3.03. The zero-order chi connectivity index (χ0) is 13.5. The third kappa shape index (κ3) is 3.84. The van der Waals surface area contributed by atoms with Gasteiger partial charge in [-0.25, -0.2) is 4.98 Å². The number of unbranched alkanes of at least 4 members (excludes halogenated alkanes) is 1. The van der Waals surface area contributed by atoms with Crippen molar-refractivity contribution < 1.29 is 9.52 Å². The molecule has 2 rings (SSSR count). The SMILES string of the molecule is Cc1oc(C2=CC=CCC2)nc1CCCC#CCO. The highest BCUT2D eigenvalue weighted by atomic mass is 16.4. The van der Waals surface area contributed by atoms with E-state index in [-0.39, 0.29) is 6.61 Å². The average Bonchev–Trinajstić information content (AvgIpc) is 2.81. The van der Waals surface area contributed by atoms with Gasteiger partial charge in [0.05, 0.1) is 5.69 Å². The van der Waals surface area contributed by atoms with E-state index in [0.29, 0.717) is 0 Å². The van der Waals surface area contributed by atoms with E-state index in [2.05, 4.69) is 35.1 Å². The van der Waals surface area contributed by atoms with E-state index in [1.807, 2.05) is 6.92 Å². The maximum atomic E-state index is 8.56. The van der Waals surface area contributed by atoms with Crippen molar-refractivity contribution in [1.29, 1.82) is 0 Å². The lowest BCUT2D eigenvalue weighted by Crippen LogP contribution is -1.91. The van der Waals surface area contributed by atoms with Gasteiger partial charge in [0.2, 0.25) is 5.89 Å². The Bertz CT molecular complexity index is 541. The lowest BCUT2D eigenvalue weighted by Gasteiger charge is -2.03. The Labute approximate surface area is 114 Å². The molecule has 0 spiro atoms. The number of hydrogen-bond donors (Lipinski definition) is 1. The Morgan fingerprint density at radius 1 is 1.42 bits per heavy atom. The zero-order valence-electron chi connectivity index (χ0n) is 11.3. The first-order valence-corrected chi connectivity index (χ1v) is 6.70. The Hall–Kier alpha value is -1.79. The van der Waals surface area contributed by atoms with Crippen LogP contribution in [-0.2, 0) is 6.42 Å². The second-order valence-corrected chi connectivity index (χ2v) is 4.55. The van der Waals surface area contributed by atoms with Gasteiger partial charge in [-0.2, -0.15) is 0 Å². The van der Waals surface area contributed by atoms with Gasteiger partial charge in [-0.05, 0) is 32.6 Å². The molecule has 100 valence electrons. The molecular weight excluding hydrogens is 238 g/mol. The molecule has 0 radical (unpaired) electrons. The fourth-order valence-electron chi connectivity index (χ4n) is 2.07. The number of aryl methyl sites for hydroxylation is 2. The van der Waals surface area contributed by atoms with Gasteiger partial charge in [0.25, 0.3) is 0 Å². The summed E-state index contributed by atoms with van der Waals surface area (Å²) in [7, 11) is 0. The molecule has 3 heteroatoms. The highest BCUT2D eigenvalue weighted by molar-refractivity contribution is 5.62. The van der Waals surface area contributed by atoms with Crippen LogP contribution >= 0.6 is 0 Å². The van der Waals surface area contributed by atoms with Crippen LogP contribution in [-0.4, -0.2) is 16.7 Å². The van der Waals surface area contributed by atoms with E-state index in [1.165, 1.54) is 5.57 Å². The first-order valence-electron chi connectivity index (χ1n) is 6.70. The van der Waals surface area contributed by atoms with Crippen LogP contribution in [0.4, 0.5) is 0 Å². The molecule has 1 aromatic rings. The summed E-state index contributed by atoms with van der Waals surface area (Å²) in [4.78, 5) is 4.58. The third-order valence-electron chi connectivity index (χ3n) is 3.10. The minimum absolute atomic E-state index is 0.0607. The molecule has 1 N–H and O–H groups in total. The molecule has 19 heavy (non-hydrogen) atoms. The second kappa shape index (κ2) is 6.96. The van der Waals surface area contributed by atoms with Crippen molar-refractivity contribution in [2.24, 2.45) is 0 Å². The molecule has 0 amide bonds. The summed E-state index contributed by atoms with van der Waals surface area (Å²) < 4.78 is 5.74. The Morgan fingerprint density at radius 2 is 2.32 bits per heavy atom. The fourth-order valence-corrected chi connectivity index (χ4v) is 2.07. The summed E-state index contributed by atoms with van der Waals surface area (Å²) in [5.74, 6) is 7.23. The minimum atomic E-state index is -0.0607. The number of hydrogen-bond acceptors (Lipinski definition) is 3. The van der Waals surface area contributed by atoms with Gasteiger partial charge >= 0.3 is 0 Å². The summed E-state index contributed by atoms with van der Waals surface area (Å²) in [5, 5.41) is 8.56. The van der Waals surface area contributed by atoms with Gasteiger partial charge in [-0.1, -0.05) is 24.1 Å². The molecule has 0 unspecified atom stereocenters. The van der Waals surface area contributed by atoms with Gasteiger partial charge in [0.15, 0.2) is 0 Å². The Kier molecular flexibility index (Phi) is 5.00.